The summed E-state index contributed by atoms with van der Waals surface area (Å²) in [7, 11) is 1.63. The minimum Gasteiger partial charge on any atom is -0.495 e. The molecule has 0 saturated heterocycles. The van der Waals surface area contributed by atoms with Crippen molar-refractivity contribution in [1.29, 1.82) is 0 Å². The zero-order chi connectivity index (χ0) is 22.5. The number of para-hydroxylation sites is 2. The number of thioether (sulfide) groups is 1. The van der Waals surface area contributed by atoms with Gasteiger partial charge in [-0.05, 0) is 43.7 Å². The maximum atomic E-state index is 12.6. The topological polar surface area (TPSA) is 86.9 Å². The van der Waals surface area contributed by atoms with Gasteiger partial charge in [-0.25, -0.2) is 4.98 Å². The molecule has 0 aliphatic carbocycles. The number of aromatic nitrogens is 5. The van der Waals surface area contributed by atoms with Crippen molar-refractivity contribution in [2.24, 2.45) is 0 Å². The van der Waals surface area contributed by atoms with Gasteiger partial charge in [0.25, 0.3) is 0 Å². The van der Waals surface area contributed by atoms with Crippen LogP contribution < -0.4 is 10.1 Å². The number of imidazole rings is 1. The molecular formula is C23H24N6O2S. The number of nitrogens with one attached hydrogen (secondary N) is 1. The van der Waals surface area contributed by atoms with Crippen molar-refractivity contribution < 1.29 is 9.53 Å². The van der Waals surface area contributed by atoms with E-state index in [2.05, 4.69) is 20.5 Å². The average Bonchev–Trinajstić information content (AvgIpc) is 3.48. The number of carbonyl (C=O) groups excluding carboxylic acids is 1. The number of hydrogen-bond acceptors (Lipinski definition) is 6. The van der Waals surface area contributed by atoms with Gasteiger partial charge in [0, 0.05) is 18.1 Å². The van der Waals surface area contributed by atoms with Crippen LogP contribution >= 0.6 is 11.8 Å². The number of nitrogens with zero attached hydrogens (tertiary/aromatic N) is 5. The Morgan fingerprint density at radius 1 is 1.16 bits per heavy atom. The number of ether oxygens (including phenoxy) is 1. The van der Waals surface area contributed by atoms with Gasteiger partial charge < -0.3 is 14.6 Å². The Bertz CT molecular complexity index is 1190. The molecule has 0 spiro atoms. The van der Waals surface area contributed by atoms with Gasteiger partial charge in [0.2, 0.25) is 5.91 Å². The minimum atomic E-state index is -0.117. The SMILES string of the molecule is COc1ccccc1-n1c(C)nnc1SCC(=O)NC(C)c1ccc(-n2ccnc2)cc1. The van der Waals surface area contributed by atoms with Gasteiger partial charge in [-0.2, -0.15) is 0 Å². The largest absolute Gasteiger partial charge is 0.495 e. The molecular weight excluding hydrogens is 424 g/mol. The molecule has 4 aromatic rings. The molecule has 2 aromatic heterocycles. The summed E-state index contributed by atoms with van der Waals surface area (Å²) < 4.78 is 9.30. The molecule has 9 heteroatoms. The molecule has 1 atom stereocenters. The number of hydrogen-bond donors (Lipinski definition) is 1. The second kappa shape index (κ2) is 9.69. The van der Waals surface area contributed by atoms with Gasteiger partial charge >= 0.3 is 0 Å². The fourth-order valence-electron chi connectivity index (χ4n) is 3.37. The molecule has 1 unspecified atom stereocenters. The van der Waals surface area contributed by atoms with Crippen LogP contribution in [-0.4, -0.2) is 43.1 Å². The van der Waals surface area contributed by atoms with Gasteiger partial charge in [0.1, 0.15) is 11.6 Å². The summed E-state index contributed by atoms with van der Waals surface area (Å²) >= 11 is 1.34. The van der Waals surface area contributed by atoms with Crippen molar-refractivity contribution in [2.75, 3.05) is 12.9 Å². The van der Waals surface area contributed by atoms with Crippen molar-refractivity contribution in [3.63, 3.8) is 0 Å². The van der Waals surface area contributed by atoms with Gasteiger partial charge in [0.15, 0.2) is 5.16 Å². The standard InChI is InChI=1S/C23H24N6O2S/c1-16(18-8-10-19(11-9-18)28-13-12-24-15-28)25-22(30)14-32-23-27-26-17(2)29(23)20-6-4-5-7-21(20)31-3/h4-13,15-16H,14H2,1-3H3,(H,25,30). The van der Waals surface area contributed by atoms with Crippen molar-refractivity contribution in [1.82, 2.24) is 29.6 Å². The molecule has 0 aliphatic heterocycles. The van der Waals surface area contributed by atoms with Crippen molar-refractivity contribution in [3.05, 3.63) is 78.6 Å². The predicted molar refractivity (Wildman–Crippen MR) is 123 cm³/mol. The zero-order valence-corrected chi connectivity index (χ0v) is 18.9. The average molecular weight is 449 g/mol. The van der Waals surface area contributed by atoms with Crippen LogP contribution in [0.5, 0.6) is 5.75 Å². The summed E-state index contributed by atoms with van der Waals surface area (Å²) in [5.41, 5.74) is 2.89. The van der Waals surface area contributed by atoms with Gasteiger partial charge in [-0.15, -0.1) is 10.2 Å². The Hall–Kier alpha value is -3.59. The van der Waals surface area contributed by atoms with Crippen LogP contribution in [-0.2, 0) is 4.79 Å². The van der Waals surface area contributed by atoms with E-state index in [1.54, 1.807) is 19.6 Å². The summed E-state index contributed by atoms with van der Waals surface area (Å²) in [5.74, 6) is 1.59. The van der Waals surface area contributed by atoms with E-state index in [1.165, 1.54) is 11.8 Å². The van der Waals surface area contributed by atoms with E-state index in [9.17, 15) is 4.79 Å². The zero-order valence-electron chi connectivity index (χ0n) is 18.1. The van der Waals surface area contributed by atoms with Crippen LogP contribution in [0.15, 0.2) is 72.4 Å². The van der Waals surface area contributed by atoms with E-state index in [1.807, 2.05) is 77.7 Å². The van der Waals surface area contributed by atoms with Crippen molar-refractivity contribution >= 4 is 17.7 Å². The first kappa shape index (κ1) is 21.6. The molecule has 0 radical (unpaired) electrons. The molecule has 0 bridgehead atoms. The lowest BCUT2D eigenvalue weighted by atomic mass is 10.1. The maximum Gasteiger partial charge on any atom is 0.230 e. The summed E-state index contributed by atoms with van der Waals surface area (Å²) in [6, 6.07) is 15.6. The Labute approximate surface area is 190 Å². The van der Waals surface area contributed by atoms with Crippen LogP contribution in [0.2, 0.25) is 0 Å². The smallest absolute Gasteiger partial charge is 0.230 e. The quantitative estimate of drug-likeness (QED) is 0.413. The van der Waals surface area contributed by atoms with Gasteiger partial charge in [0.05, 0.1) is 30.9 Å². The number of carbonyl (C=O) groups is 1. The highest BCUT2D eigenvalue weighted by molar-refractivity contribution is 7.99. The summed E-state index contributed by atoms with van der Waals surface area (Å²) in [6.45, 7) is 3.84. The van der Waals surface area contributed by atoms with Gasteiger partial charge in [-0.1, -0.05) is 36.0 Å². The molecule has 8 nitrogen and oxygen atoms in total. The molecule has 1 N–H and O–H groups in total. The van der Waals surface area contributed by atoms with Crippen LogP contribution in [0.1, 0.15) is 24.4 Å². The fraction of sp³-hybridized carbons (Fsp3) is 0.217. The van der Waals surface area contributed by atoms with Crippen LogP contribution in [0.3, 0.4) is 0 Å². The van der Waals surface area contributed by atoms with Crippen molar-refractivity contribution in [3.8, 4) is 17.1 Å². The highest BCUT2D eigenvalue weighted by Gasteiger charge is 2.17. The first-order valence-corrected chi connectivity index (χ1v) is 11.1. The van der Waals surface area contributed by atoms with Crippen molar-refractivity contribution in [2.45, 2.75) is 25.0 Å². The van der Waals surface area contributed by atoms with Crippen LogP contribution in [0, 0.1) is 6.92 Å². The number of benzene rings is 2. The lowest BCUT2D eigenvalue weighted by Crippen LogP contribution is -2.28. The summed E-state index contributed by atoms with van der Waals surface area (Å²) in [5, 5.41) is 12.1. The molecule has 2 aromatic carbocycles. The number of amides is 1. The van der Waals surface area contributed by atoms with Gasteiger partial charge in [-0.3, -0.25) is 9.36 Å². The third-order valence-electron chi connectivity index (χ3n) is 5.03. The number of aryl methyl sites for hydroxylation is 1. The minimum absolute atomic E-state index is 0.0755. The molecule has 0 aliphatic rings. The Morgan fingerprint density at radius 3 is 2.66 bits per heavy atom. The first-order chi connectivity index (χ1) is 15.6. The predicted octanol–water partition coefficient (Wildman–Crippen LogP) is 3.74. The Balaban J connectivity index is 1.39. The molecule has 0 fully saturated rings. The van der Waals surface area contributed by atoms with E-state index in [0.29, 0.717) is 5.16 Å². The maximum absolute atomic E-state index is 12.6. The normalized spacial score (nSPS) is 11.8. The second-order valence-electron chi connectivity index (χ2n) is 7.18. The Kier molecular flexibility index (Phi) is 6.55. The number of methoxy groups -OCH3 is 1. The fourth-order valence-corrected chi connectivity index (χ4v) is 4.17. The van der Waals surface area contributed by atoms with Crippen LogP contribution in [0.4, 0.5) is 0 Å². The van der Waals surface area contributed by atoms with E-state index in [-0.39, 0.29) is 17.7 Å². The van der Waals surface area contributed by atoms with Crippen LogP contribution in [0.25, 0.3) is 11.4 Å². The third-order valence-corrected chi connectivity index (χ3v) is 5.96. The lowest BCUT2D eigenvalue weighted by Gasteiger charge is -2.15. The van der Waals surface area contributed by atoms with E-state index >= 15 is 0 Å². The number of rotatable bonds is 8. The molecule has 2 heterocycles. The molecule has 0 saturated carbocycles. The Morgan fingerprint density at radius 2 is 1.94 bits per heavy atom. The van der Waals surface area contributed by atoms with E-state index in [0.717, 1.165) is 28.5 Å². The molecule has 1 amide bonds. The molecule has 4 rings (SSSR count). The second-order valence-corrected chi connectivity index (χ2v) is 8.12. The highest BCUT2D eigenvalue weighted by atomic mass is 32.2. The third kappa shape index (κ3) is 4.67. The first-order valence-electron chi connectivity index (χ1n) is 10.1. The summed E-state index contributed by atoms with van der Waals surface area (Å²) in [6.07, 6.45) is 5.39. The summed E-state index contributed by atoms with van der Waals surface area (Å²) in [4.78, 5) is 16.7. The van der Waals surface area contributed by atoms with E-state index in [4.69, 9.17) is 4.74 Å². The molecule has 164 valence electrons. The lowest BCUT2D eigenvalue weighted by molar-refractivity contribution is -0.119. The monoisotopic (exact) mass is 448 g/mol. The highest BCUT2D eigenvalue weighted by Crippen LogP contribution is 2.28. The molecule has 32 heavy (non-hydrogen) atoms. The van der Waals surface area contributed by atoms with E-state index < -0.39 is 0 Å².